The number of nitrogens with one attached hydrogen (secondary N) is 1. The third-order valence-corrected chi connectivity index (χ3v) is 6.80. The van der Waals surface area contributed by atoms with Gasteiger partial charge in [-0.25, -0.2) is 12.8 Å². The van der Waals surface area contributed by atoms with E-state index < -0.39 is 21.4 Å². The van der Waals surface area contributed by atoms with Crippen molar-refractivity contribution in [3.63, 3.8) is 0 Å². The van der Waals surface area contributed by atoms with Crippen molar-refractivity contribution in [1.82, 2.24) is 14.8 Å². The summed E-state index contributed by atoms with van der Waals surface area (Å²) in [5.41, 5.74) is 0.0598. The van der Waals surface area contributed by atoms with Crippen molar-refractivity contribution in [3.05, 3.63) is 58.6 Å². The van der Waals surface area contributed by atoms with E-state index in [1.54, 1.807) is 37.6 Å². The minimum absolute atomic E-state index is 0.0258. The molecule has 7 nitrogen and oxygen atoms in total. The van der Waals surface area contributed by atoms with Gasteiger partial charge >= 0.3 is 0 Å². The summed E-state index contributed by atoms with van der Waals surface area (Å²) in [6, 6.07) is 8.85. The monoisotopic (exact) mass is 494 g/mol. The standard InChI is InChI=1S/C23H28ClFN4O3S/c1-22(2,3)14-7-9-15(10-8-14)33(31,32)28-19-12-18(25)17(24)11-16(19)21-27-26-20(29(21)6)13-23(4,5)30/h7-12,28,30H,13H2,1-6H3. The van der Waals surface area contributed by atoms with Crippen LogP contribution >= 0.6 is 11.6 Å². The minimum atomic E-state index is -4.03. The van der Waals surface area contributed by atoms with E-state index in [0.717, 1.165) is 11.6 Å². The summed E-state index contributed by atoms with van der Waals surface area (Å²) < 4.78 is 44.5. The Hall–Kier alpha value is -2.49. The molecule has 178 valence electrons. The Morgan fingerprint density at radius 2 is 1.70 bits per heavy atom. The Labute approximate surface area is 198 Å². The fraction of sp³-hybridized carbons (Fsp3) is 0.391. The number of anilines is 1. The highest BCUT2D eigenvalue weighted by Gasteiger charge is 2.24. The van der Waals surface area contributed by atoms with Crippen LogP contribution in [0.4, 0.5) is 10.1 Å². The van der Waals surface area contributed by atoms with E-state index in [9.17, 15) is 17.9 Å². The second-order valence-corrected chi connectivity index (χ2v) is 11.8. The summed E-state index contributed by atoms with van der Waals surface area (Å²) in [6.45, 7) is 9.38. The van der Waals surface area contributed by atoms with E-state index in [2.05, 4.69) is 14.9 Å². The number of aromatic nitrogens is 3. The molecule has 2 aromatic carbocycles. The summed E-state index contributed by atoms with van der Waals surface area (Å²) in [6.07, 6.45) is 0.215. The number of benzene rings is 2. The first kappa shape index (κ1) is 25.1. The number of sulfonamides is 1. The van der Waals surface area contributed by atoms with E-state index in [0.29, 0.717) is 5.82 Å². The van der Waals surface area contributed by atoms with E-state index >= 15 is 0 Å². The fourth-order valence-corrected chi connectivity index (χ4v) is 4.53. The second kappa shape index (κ2) is 8.70. The number of aliphatic hydroxyl groups is 1. The summed E-state index contributed by atoms with van der Waals surface area (Å²) >= 11 is 6.00. The zero-order valence-corrected chi connectivity index (χ0v) is 21.0. The van der Waals surface area contributed by atoms with Crippen molar-refractivity contribution < 1.29 is 17.9 Å². The van der Waals surface area contributed by atoms with Crippen LogP contribution in [-0.4, -0.2) is 33.9 Å². The van der Waals surface area contributed by atoms with Crippen LogP contribution in [0.2, 0.25) is 5.02 Å². The van der Waals surface area contributed by atoms with E-state index in [4.69, 9.17) is 11.6 Å². The number of rotatable bonds is 6. The molecule has 0 unspecified atom stereocenters. The summed E-state index contributed by atoms with van der Waals surface area (Å²) in [5.74, 6) is -0.0264. The minimum Gasteiger partial charge on any atom is -0.390 e. The van der Waals surface area contributed by atoms with Crippen LogP contribution < -0.4 is 4.72 Å². The Morgan fingerprint density at radius 3 is 2.24 bits per heavy atom. The first-order valence-corrected chi connectivity index (χ1v) is 12.2. The molecule has 0 amide bonds. The lowest BCUT2D eigenvalue weighted by atomic mass is 9.87. The van der Waals surface area contributed by atoms with E-state index in [1.807, 2.05) is 20.8 Å². The Morgan fingerprint density at radius 1 is 1.09 bits per heavy atom. The van der Waals surface area contributed by atoms with Gasteiger partial charge in [-0.05, 0) is 43.0 Å². The van der Waals surface area contributed by atoms with Gasteiger partial charge in [0.1, 0.15) is 11.6 Å². The fourth-order valence-electron chi connectivity index (χ4n) is 3.29. The topological polar surface area (TPSA) is 97.1 Å². The molecule has 0 bridgehead atoms. The van der Waals surface area contributed by atoms with Gasteiger partial charge in [-0.1, -0.05) is 44.5 Å². The quantitative estimate of drug-likeness (QED) is 0.518. The molecule has 0 fully saturated rings. The lowest BCUT2D eigenvalue weighted by molar-refractivity contribution is 0.0780. The van der Waals surface area contributed by atoms with Crippen molar-refractivity contribution in [1.29, 1.82) is 0 Å². The van der Waals surface area contributed by atoms with Crippen molar-refractivity contribution in [2.24, 2.45) is 7.05 Å². The smallest absolute Gasteiger partial charge is 0.261 e. The lowest BCUT2D eigenvalue weighted by Crippen LogP contribution is -2.24. The third-order valence-electron chi connectivity index (χ3n) is 5.13. The Balaban J connectivity index is 2.04. The van der Waals surface area contributed by atoms with E-state index in [-0.39, 0.29) is 38.8 Å². The molecule has 3 aromatic rings. The van der Waals surface area contributed by atoms with Gasteiger partial charge in [0.05, 0.1) is 21.2 Å². The molecule has 1 aromatic heterocycles. The molecular formula is C23H28ClFN4O3S. The summed E-state index contributed by atoms with van der Waals surface area (Å²) in [5, 5.41) is 18.2. The van der Waals surface area contributed by atoms with Gasteiger partial charge in [0, 0.05) is 25.1 Å². The highest BCUT2D eigenvalue weighted by atomic mass is 35.5. The lowest BCUT2D eigenvalue weighted by Gasteiger charge is -2.19. The molecule has 2 N–H and O–H groups in total. The molecule has 10 heteroatoms. The SMILES string of the molecule is Cn1c(CC(C)(C)O)nnc1-c1cc(Cl)c(F)cc1NS(=O)(=O)c1ccc(C(C)(C)C)cc1. The highest BCUT2D eigenvalue weighted by molar-refractivity contribution is 7.92. The zero-order chi connectivity index (χ0) is 24.8. The van der Waals surface area contributed by atoms with E-state index in [1.165, 1.54) is 18.2 Å². The van der Waals surface area contributed by atoms with Crippen LogP contribution in [0.1, 0.15) is 46.0 Å². The van der Waals surface area contributed by atoms with Gasteiger partial charge in [-0.2, -0.15) is 0 Å². The number of nitrogens with zero attached hydrogens (tertiary/aromatic N) is 3. The van der Waals surface area contributed by atoms with Gasteiger partial charge in [-0.3, -0.25) is 4.72 Å². The van der Waals surface area contributed by atoms with Crippen LogP contribution in [0.3, 0.4) is 0 Å². The van der Waals surface area contributed by atoms with Gasteiger partial charge in [0.25, 0.3) is 10.0 Å². The molecule has 0 spiro atoms. The van der Waals surface area contributed by atoms with Crippen molar-refractivity contribution >= 4 is 27.3 Å². The predicted octanol–water partition coefficient (Wildman–Crippen LogP) is 4.69. The molecule has 0 saturated carbocycles. The zero-order valence-electron chi connectivity index (χ0n) is 19.4. The first-order valence-electron chi connectivity index (χ1n) is 10.3. The molecule has 0 aliphatic carbocycles. The molecule has 1 heterocycles. The maximum atomic E-state index is 14.3. The maximum Gasteiger partial charge on any atom is 0.261 e. The maximum absolute atomic E-state index is 14.3. The van der Waals surface area contributed by atoms with Gasteiger partial charge in [0.15, 0.2) is 5.82 Å². The molecule has 33 heavy (non-hydrogen) atoms. The average Bonchev–Trinajstić information content (AvgIpc) is 3.02. The average molecular weight is 495 g/mol. The number of halogens is 2. The third kappa shape index (κ3) is 5.72. The molecule has 0 saturated heterocycles. The number of hydrogen-bond acceptors (Lipinski definition) is 5. The normalized spacial score (nSPS) is 12.8. The Kier molecular flexibility index (Phi) is 6.63. The van der Waals surface area contributed by atoms with Gasteiger partial charge < -0.3 is 9.67 Å². The largest absolute Gasteiger partial charge is 0.390 e. The first-order chi connectivity index (χ1) is 15.1. The molecule has 3 rings (SSSR count). The van der Waals surface area contributed by atoms with Crippen LogP contribution in [0.15, 0.2) is 41.3 Å². The predicted molar refractivity (Wildman–Crippen MR) is 127 cm³/mol. The van der Waals surface area contributed by atoms with Crippen LogP contribution in [0.25, 0.3) is 11.4 Å². The van der Waals surface area contributed by atoms with Crippen LogP contribution in [-0.2, 0) is 28.9 Å². The van der Waals surface area contributed by atoms with Crippen LogP contribution in [0, 0.1) is 5.82 Å². The van der Waals surface area contributed by atoms with Crippen LogP contribution in [0.5, 0.6) is 0 Å². The molecule has 0 aliphatic heterocycles. The molecular weight excluding hydrogens is 467 g/mol. The van der Waals surface area contributed by atoms with Gasteiger partial charge in [-0.15, -0.1) is 10.2 Å². The molecule has 0 atom stereocenters. The van der Waals surface area contributed by atoms with Crippen molar-refractivity contribution in [2.45, 2.75) is 57.0 Å². The number of hydrogen-bond donors (Lipinski definition) is 2. The second-order valence-electron chi connectivity index (χ2n) is 9.68. The molecule has 0 radical (unpaired) electrons. The van der Waals surface area contributed by atoms with Crippen molar-refractivity contribution in [3.8, 4) is 11.4 Å². The Bertz CT molecular complexity index is 1270. The van der Waals surface area contributed by atoms with Crippen molar-refractivity contribution in [2.75, 3.05) is 4.72 Å². The summed E-state index contributed by atoms with van der Waals surface area (Å²) in [4.78, 5) is 0.0393. The van der Waals surface area contributed by atoms with Gasteiger partial charge in [0.2, 0.25) is 0 Å². The summed E-state index contributed by atoms with van der Waals surface area (Å²) in [7, 11) is -2.35. The highest BCUT2D eigenvalue weighted by Crippen LogP contribution is 2.34. The molecule has 0 aliphatic rings.